The summed E-state index contributed by atoms with van der Waals surface area (Å²) < 4.78 is 0.720. The molecule has 1 nitrogen and oxygen atoms in total. The summed E-state index contributed by atoms with van der Waals surface area (Å²) >= 11 is 7.50. The summed E-state index contributed by atoms with van der Waals surface area (Å²) in [5.41, 5.74) is 0.168. The molecule has 1 aliphatic carbocycles. The Hall–Kier alpha value is -0.0500. The lowest BCUT2D eigenvalue weighted by Gasteiger charge is -2.30. The van der Waals surface area contributed by atoms with Crippen molar-refractivity contribution in [1.82, 2.24) is 0 Å². The maximum Gasteiger partial charge on any atom is 0.0989 e. The molecule has 1 N–H and O–H groups in total. The van der Waals surface area contributed by atoms with Crippen LogP contribution in [0.15, 0.2) is 11.4 Å². The molecule has 0 aliphatic heterocycles. The van der Waals surface area contributed by atoms with Gasteiger partial charge in [0.15, 0.2) is 0 Å². The third-order valence-electron chi connectivity index (χ3n) is 3.32. The molecule has 0 aromatic carbocycles. The summed E-state index contributed by atoms with van der Waals surface area (Å²) in [6.45, 7) is 3.98. The van der Waals surface area contributed by atoms with Crippen LogP contribution in [-0.2, 0) is 5.60 Å². The minimum absolute atomic E-state index is 0.0394. The highest BCUT2D eigenvalue weighted by Crippen LogP contribution is 2.59. The van der Waals surface area contributed by atoms with E-state index >= 15 is 0 Å². The van der Waals surface area contributed by atoms with Crippen LogP contribution in [0.3, 0.4) is 0 Å². The average Bonchev–Trinajstić information content (AvgIpc) is 2.63. The molecule has 3 heteroatoms. The Morgan fingerprint density at radius 1 is 1.62 bits per heavy atom. The molecule has 0 saturated heterocycles. The van der Waals surface area contributed by atoms with E-state index in [1.165, 1.54) is 11.3 Å². The topological polar surface area (TPSA) is 20.2 Å². The van der Waals surface area contributed by atoms with Gasteiger partial charge in [-0.15, -0.1) is 11.3 Å². The standard InChI is InChI=1S/C10H13ClOS/c1-9(4-5-9)10(2,12)7-3-6-13-8(7)11/h3,6,12H,4-5H2,1-2H3. The van der Waals surface area contributed by atoms with Crippen molar-refractivity contribution >= 4 is 22.9 Å². The molecule has 1 unspecified atom stereocenters. The molecule has 2 rings (SSSR count). The second kappa shape index (κ2) is 2.72. The van der Waals surface area contributed by atoms with E-state index in [4.69, 9.17) is 11.6 Å². The minimum atomic E-state index is -0.760. The highest BCUT2D eigenvalue weighted by molar-refractivity contribution is 7.14. The number of rotatable bonds is 2. The van der Waals surface area contributed by atoms with Crippen molar-refractivity contribution in [1.29, 1.82) is 0 Å². The molecule has 1 fully saturated rings. The normalized spacial score (nSPS) is 24.0. The van der Waals surface area contributed by atoms with E-state index in [0.29, 0.717) is 0 Å². The maximum atomic E-state index is 10.4. The van der Waals surface area contributed by atoms with E-state index in [9.17, 15) is 5.11 Å². The number of hydrogen-bond donors (Lipinski definition) is 1. The van der Waals surface area contributed by atoms with Gasteiger partial charge in [-0.2, -0.15) is 0 Å². The summed E-state index contributed by atoms with van der Waals surface area (Å²) in [6.07, 6.45) is 2.18. The lowest BCUT2D eigenvalue weighted by molar-refractivity contribution is -0.0121. The SMILES string of the molecule is CC1(C(C)(O)c2ccsc2Cl)CC1. The molecule has 1 atom stereocenters. The Kier molecular flexibility index (Phi) is 1.99. The van der Waals surface area contributed by atoms with E-state index in [0.717, 1.165) is 22.7 Å². The fourth-order valence-corrected chi connectivity index (χ4v) is 2.76. The summed E-state index contributed by atoms with van der Waals surface area (Å²) in [5, 5.41) is 12.3. The lowest BCUT2D eigenvalue weighted by atomic mass is 9.83. The maximum absolute atomic E-state index is 10.4. The van der Waals surface area contributed by atoms with E-state index in [-0.39, 0.29) is 5.41 Å². The Morgan fingerprint density at radius 2 is 2.23 bits per heavy atom. The highest BCUT2D eigenvalue weighted by atomic mass is 35.5. The number of halogens is 1. The van der Waals surface area contributed by atoms with Crippen molar-refractivity contribution in [3.63, 3.8) is 0 Å². The van der Waals surface area contributed by atoms with Crippen LogP contribution in [0.1, 0.15) is 32.3 Å². The Labute approximate surface area is 87.4 Å². The van der Waals surface area contributed by atoms with Crippen molar-refractivity contribution < 1.29 is 5.11 Å². The monoisotopic (exact) mass is 216 g/mol. The minimum Gasteiger partial charge on any atom is -0.385 e. The number of hydrogen-bond acceptors (Lipinski definition) is 2. The van der Waals surface area contributed by atoms with Crippen molar-refractivity contribution in [2.75, 3.05) is 0 Å². The zero-order valence-electron chi connectivity index (χ0n) is 7.80. The van der Waals surface area contributed by atoms with Gasteiger partial charge in [-0.1, -0.05) is 18.5 Å². The fraction of sp³-hybridized carbons (Fsp3) is 0.600. The zero-order valence-corrected chi connectivity index (χ0v) is 9.37. The van der Waals surface area contributed by atoms with Crippen molar-refractivity contribution in [3.05, 3.63) is 21.3 Å². The van der Waals surface area contributed by atoms with Gasteiger partial charge in [0, 0.05) is 11.0 Å². The molecule has 72 valence electrons. The quantitative estimate of drug-likeness (QED) is 0.804. The van der Waals surface area contributed by atoms with Crippen LogP contribution in [0.5, 0.6) is 0 Å². The van der Waals surface area contributed by atoms with Gasteiger partial charge in [0.05, 0.1) is 9.94 Å². The molecular weight excluding hydrogens is 204 g/mol. The van der Waals surface area contributed by atoms with Gasteiger partial charge in [0.2, 0.25) is 0 Å². The second-order valence-corrected chi connectivity index (χ2v) is 5.76. The molecule has 13 heavy (non-hydrogen) atoms. The summed E-state index contributed by atoms with van der Waals surface area (Å²) in [6, 6.07) is 1.93. The van der Waals surface area contributed by atoms with Crippen LogP contribution in [0.4, 0.5) is 0 Å². The zero-order chi connectivity index (χ0) is 9.69. The molecule has 0 radical (unpaired) electrons. The first kappa shape index (κ1) is 9.50. The first-order valence-corrected chi connectivity index (χ1v) is 5.69. The van der Waals surface area contributed by atoms with Crippen molar-refractivity contribution in [2.45, 2.75) is 32.3 Å². The summed E-state index contributed by atoms with van der Waals surface area (Å²) in [5.74, 6) is 0. The van der Waals surface area contributed by atoms with Gasteiger partial charge in [0.25, 0.3) is 0 Å². The number of aliphatic hydroxyl groups is 1. The molecule has 0 bridgehead atoms. The number of thiophene rings is 1. The molecule has 1 aromatic rings. The molecule has 1 aromatic heterocycles. The van der Waals surface area contributed by atoms with E-state index in [1.807, 2.05) is 18.4 Å². The van der Waals surface area contributed by atoms with Gasteiger partial charge in [-0.25, -0.2) is 0 Å². The van der Waals surface area contributed by atoms with E-state index in [2.05, 4.69) is 6.92 Å². The van der Waals surface area contributed by atoms with Crippen LogP contribution in [0.25, 0.3) is 0 Å². The lowest BCUT2D eigenvalue weighted by Crippen LogP contribution is -2.31. The molecule has 0 amide bonds. The summed E-state index contributed by atoms with van der Waals surface area (Å²) in [7, 11) is 0. The smallest absolute Gasteiger partial charge is 0.0989 e. The third-order valence-corrected chi connectivity index (χ3v) is 4.49. The van der Waals surface area contributed by atoms with Crippen molar-refractivity contribution in [2.24, 2.45) is 5.41 Å². The van der Waals surface area contributed by atoms with E-state index in [1.54, 1.807) is 0 Å². The summed E-state index contributed by atoms with van der Waals surface area (Å²) in [4.78, 5) is 0. The van der Waals surface area contributed by atoms with Crippen LogP contribution < -0.4 is 0 Å². The largest absolute Gasteiger partial charge is 0.385 e. The Bertz CT molecular complexity index is 325. The van der Waals surface area contributed by atoms with Gasteiger partial charge >= 0.3 is 0 Å². The first-order valence-electron chi connectivity index (χ1n) is 4.43. The molecule has 1 heterocycles. The average molecular weight is 217 g/mol. The Balaban J connectivity index is 2.40. The van der Waals surface area contributed by atoms with Gasteiger partial charge < -0.3 is 5.11 Å². The predicted octanol–water partition coefficient (Wildman–Crippen LogP) is 3.41. The first-order chi connectivity index (χ1) is 5.97. The van der Waals surface area contributed by atoms with Crippen LogP contribution in [-0.4, -0.2) is 5.11 Å². The fourth-order valence-electron chi connectivity index (χ4n) is 1.64. The highest BCUT2D eigenvalue weighted by Gasteiger charge is 2.53. The Morgan fingerprint density at radius 3 is 2.62 bits per heavy atom. The van der Waals surface area contributed by atoms with Crippen LogP contribution in [0, 0.1) is 5.41 Å². The second-order valence-electron chi connectivity index (χ2n) is 4.24. The molecule has 1 saturated carbocycles. The molecule has 1 aliphatic rings. The van der Waals surface area contributed by atoms with Gasteiger partial charge in [0.1, 0.15) is 0 Å². The molecular formula is C10H13ClOS. The van der Waals surface area contributed by atoms with Gasteiger partial charge in [-0.3, -0.25) is 0 Å². The van der Waals surface area contributed by atoms with Crippen LogP contribution >= 0.6 is 22.9 Å². The van der Waals surface area contributed by atoms with Crippen LogP contribution in [0.2, 0.25) is 4.34 Å². The van der Waals surface area contributed by atoms with E-state index < -0.39 is 5.60 Å². The molecule has 0 spiro atoms. The predicted molar refractivity (Wildman–Crippen MR) is 56.2 cm³/mol. The third kappa shape index (κ3) is 1.32. The van der Waals surface area contributed by atoms with Gasteiger partial charge in [-0.05, 0) is 31.2 Å². The van der Waals surface area contributed by atoms with Crippen molar-refractivity contribution in [3.8, 4) is 0 Å².